The van der Waals surface area contributed by atoms with Crippen molar-refractivity contribution in [3.05, 3.63) is 0 Å². The van der Waals surface area contributed by atoms with Crippen molar-refractivity contribution >= 4 is 12.4 Å². The minimum Gasteiger partial charge on any atom is -0.479 e. The van der Waals surface area contributed by atoms with Crippen molar-refractivity contribution in [2.45, 2.75) is 31.8 Å². The number of nitrogens with zero attached hydrogens (tertiary/aromatic N) is 2. The van der Waals surface area contributed by atoms with Crippen LogP contribution in [0.4, 0.5) is 0 Å². The summed E-state index contributed by atoms with van der Waals surface area (Å²) in [5.74, 6) is -0.910. The molecule has 1 heterocycles. The molecule has 0 spiro atoms. The number of carbonyl (C=O) groups excluding carboxylic acids is 1. The van der Waals surface area contributed by atoms with Crippen molar-refractivity contribution in [1.82, 2.24) is 9.80 Å². The average Bonchev–Trinajstić information content (AvgIpc) is 2.46. The molecule has 0 aromatic heterocycles. The van der Waals surface area contributed by atoms with Gasteiger partial charge in [0.25, 0.3) is 0 Å². The van der Waals surface area contributed by atoms with E-state index < -0.39 is 11.5 Å². The highest BCUT2D eigenvalue weighted by molar-refractivity contribution is 5.82. The highest BCUT2D eigenvalue weighted by Gasteiger charge is 2.50. The van der Waals surface area contributed by atoms with Gasteiger partial charge in [-0.2, -0.15) is 0 Å². The maximum atomic E-state index is 11.3. The fraction of sp³-hybridized carbons (Fsp3) is 0.800. The first-order valence-electron chi connectivity index (χ1n) is 5.13. The zero-order valence-corrected chi connectivity index (χ0v) is 9.43. The summed E-state index contributed by atoms with van der Waals surface area (Å²) >= 11 is 0. The van der Waals surface area contributed by atoms with E-state index in [1.54, 1.807) is 6.92 Å². The van der Waals surface area contributed by atoms with Crippen LogP contribution in [0.3, 0.4) is 0 Å². The van der Waals surface area contributed by atoms with Gasteiger partial charge in [0.05, 0.1) is 0 Å². The summed E-state index contributed by atoms with van der Waals surface area (Å²) in [5, 5.41) is 9.30. The maximum Gasteiger partial charge on any atom is 0.331 e. The number of rotatable bonds is 4. The largest absolute Gasteiger partial charge is 0.479 e. The van der Waals surface area contributed by atoms with Gasteiger partial charge >= 0.3 is 5.97 Å². The zero-order chi connectivity index (χ0) is 11.6. The van der Waals surface area contributed by atoms with E-state index in [1.807, 2.05) is 18.9 Å². The van der Waals surface area contributed by atoms with Crippen LogP contribution in [-0.2, 0) is 9.59 Å². The molecular formula is C10H18N2O3. The second-order valence-electron chi connectivity index (χ2n) is 4.20. The smallest absolute Gasteiger partial charge is 0.331 e. The Bertz CT molecular complexity index is 257. The van der Waals surface area contributed by atoms with Crippen LogP contribution < -0.4 is 0 Å². The Morgan fingerprint density at radius 3 is 2.60 bits per heavy atom. The van der Waals surface area contributed by atoms with Gasteiger partial charge in [-0.25, -0.2) is 4.79 Å². The number of hydrogen-bond acceptors (Lipinski definition) is 3. The van der Waals surface area contributed by atoms with Gasteiger partial charge < -0.3 is 14.9 Å². The summed E-state index contributed by atoms with van der Waals surface area (Å²) in [4.78, 5) is 25.6. The van der Waals surface area contributed by atoms with Crippen LogP contribution in [0.15, 0.2) is 0 Å². The number of aliphatic carboxylic acids is 1. The molecule has 2 unspecified atom stereocenters. The molecule has 2 atom stereocenters. The molecule has 0 aromatic rings. The van der Waals surface area contributed by atoms with Gasteiger partial charge in [0, 0.05) is 19.1 Å². The van der Waals surface area contributed by atoms with Crippen LogP contribution in [0.2, 0.25) is 0 Å². The van der Waals surface area contributed by atoms with E-state index in [1.165, 1.54) is 4.90 Å². The number of carbonyl (C=O) groups is 2. The monoisotopic (exact) mass is 214 g/mol. The van der Waals surface area contributed by atoms with Gasteiger partial charge in [-0.1, -0.05) is 0 Å². The summed E-state index contributed by atoms with van der Waals surface area (Å²) in [6, 6.07) is 0.190. The predicted octanol–water partition coefficient (Wildman–Crippen LogP) is 0.0121. The Morgan fingerprint density at radius 1 is 1.73 bits per heavy atom. The van der Waals surface area contributed by atoms with Crippen LogP contribution in [0.5, 0.6) is 0 Å². The van der Waals surface area contributed by atoms with Gasteiger partial charge in [0.15, 0.2) is 5.54 Å². The molecule has 0 aliphatic carbocycles. The lowest BCUT2D eigenvalue weighted by molar-refractivity contribution is -0.154. The third kappa shape index (κ3) is 1.84. The van der Waals surface area contributed by atoms with Crippen molar-refractivity contribution in [2.75, 3.05) is 20.1 Å². The van der Waals surface area contributed by atoms with E-state index in [9.17, 15) is 14.7 Å². The molecule has 0 aromatic carbocycles. The third-order valence-electron chi connectivity index (χ3n) is 3.31. The predicted molar refractivity (Wildman–Crippen MR) is 55.5 cm³/mol. The number of carboxylic acids is 1. The first-order valence-corrected chi connectivity index (χ1v) is 5.13. The number of likely N-dealkylation sites (tertiary alicyclic amines) is 1. The highest BCUT2D eigenvalue weighted by atomic mass is 16.4. The minimum atomic E-state index is -1.04. The zero-order valence-electron chi connectivity index (χ0n) is 9.43. The van der Waals surface area contributed by atoms with Crippen LogP contribution in [0, 0.1) is 0 Å². The Kier molecular flexibility index (Phi) is 3.34. The van der Waals surface area contributed by atoms with Gasteiger partial charge in [-0.05, 0) is 27.3 Å². The first-order chi connectivity index (χ1) is 6.97. The number of carboxylic acid groups (broad SMARTS) is 1. The fourth-order valence-corrected chi connectivity index (χ4v) is 2.24. The molecular weight excluding hydrogens is 196 g/mol. The minimum absolute atomic E-state index is 0.190. The molecule has 1 aliphatic rings. The fourth-order valence-electron chi connectivity index (χ4n) is 2.24. The highest BCUT2D eigenvalue weighted by Crippen LogP contribution is 2.30. The first kappa shape index (κ1) is 12.0. The Morgan fingerprint density at radius 2 is 2.33 bits per heavy atom. The lowest BCUT2D eigenvalue weighted by Crippen LogP contribution is -2.55. The molecule has 86 valence electrons. The number of amides is 1. The molecule has 1 aliphatic heterocycles. The molecule has 1 N–H and O–H groups in total. The summed E-state index contributed by atoms with van der Waals surface area (Å²) in [6.45, 7) is 4.60. The second-order valence-corrected chi connectivity index (χ2v) is 4.20. The van der Waals surface area contributed by atoms with E-state index >= 15 is 0 Å². The lowest BCUT2D eigenvalue weighted by Gasteiger charge is -2.33. The van der Waals surface area contributed by atoms with Crippen molar-refractivity contribution in [2.24, 2.45) is 0 Å². The Labute approximate surface area is 89.7 Å². The van der Waals surface area contributed by atoms with Crippen LogP contribution >= 0.6 is 0 Å². The van der Waals surface area contributed by atoms with Crippen molar-refractivity contribution in [3.63, 3.8) is 0 Å². The molecule has 0 radical (unpaired) electrons. The summed E-state index contributed by atoms with van der Waals surface area (Å²) < 4.78 is 0. The van der Waals surface area contributed by atoms with Gasteiger partial charge in [0.1, 0.15) is 0 Å². The van der Waals surface area contributed by atoms with E-state index in [-0.39, 0.29) is 6.04 Å². The summed E-state index contributed by atoms with van der Waals surface area (Å²) in [5.41, 5.74) is -1.04. The third-order valence-corrected chi connectivity index (χ3v) is 3.31. The lowest BCUT2D eigenvalue weighted by atomic mass is 9.94. The number of likely N-dealkylation sites (N-methyl/N-ethyl adjacent to an activating group) is 2. The second kappa shape index (κ2) is 4.18. The average molecular weight is 214 g/mol. The quantitative estimate of drug-likeness (QED) is 0.670. The SMILES string of the molecule is CCN(C=O)C1(C(=O)O)CC(C)N(C)C1. The molecule has 1 fully saturated rings. The van der Waals surface area contributed by atoms with Crippen molar-refractivity contribution < 1.29 is 14.7 Å². The molecule has 1 amide bonds. The maximum absolute atomic E-state index is 11.3. The van der Waals surface area contributed by atoms with E-state index in [4.69, 9.17) is 0 Å². The van der Waals surface area contributed by atoms with Crippen LogP contribution in [0.25, 0.3) is 0 Å². The van der Waals surface area contributed by atoms with E-state index in [0.717, 1.165) is 0 Å². The standard InChI is InChI=1S/C10H18N2O3/c1-4-12(7-13)10(9(14)15)5-8(2)11(3)6-10/h7-8H,4-6H2,1-3H3,(H,14,15). The molecule has 5 heteroatoms. The van der Waals surface area contributed by atoms with Gasteiger partial charge in [0.2, 0.25) is 6.41 Å². The number of hydrogen-bond donors (Lipinski definition) is 1. The van der Waals surface area contributed by atoms with E-state index in [0.29, 0.717) is 25.9 Å². The van der Waals surface area contributed by atoms with Crippen molar-refractivity contribution in [1.29, 1.82) is 0 Å². The topological polar surface area (TPSA) is 60.9 Å². The molecule has 1 saturated heterocycles. The Hall–Kier alpha value is -1.10. The molecule has 0 saturated carbocycles. The van der Waals surface area contributed by atoms with Crippen molar-refractivity contribution in [3.8, 4) is 0 Å². The molecule has 15 heavy (non-hydrogen) atoms. The molecule has 1 rings (SSSR count). The Balaban J connectivity index is 3.00. The molecule has 0 bridgehead atoms. The van der Waals surface area contributed by atoms with E-state index in [2.05, 4.69) is 0 Å². The van der Waals surface area contributed by atoms with Crippen LogP contribution in [-0.4, -0.2) is 59.0 Å². The summed E-state index contributed by atoms with van der Waals surface area (Å²) in [7, 11) is 1.88. The van der Waals surface area contributed by atoms with Gasteiger partial charge in [-0.3, -0.25) is 4.79 Å². The van der Waals surface area contributed by atoms with Gasteiger partial charge in [-0.15, -0.1) is 0 Å². The summed E-state index contributed by atoms with van der Waals surface area (Å²) in [6.07, 6.45) is 1.13. The normalized spacial score (nSPS) is 31.5. The van der Waals surface area contributed by atoms with Crippen LogP contribution in [0.1, 0.15) is 20.3 Å². The molecule has 5 nitrogen and oxygen atoms in total.